The van der Waals surface area contributed by atoms with Crippen LogP contribution < -0.4 is 0 Å². The minimum atomic E-state index is 0. The van der Waals surface area contributed by atoms with E-state index in [1.807, 2.05) is 0 Å². The summed E-state index contributed by atoms with van der Waals surface area (Å²) in [6.07, 6.45) is 0. The van der Waals surface area contributed by atoms with Gasteiger partial charge in [0.05, 0.1) is 0 Å². The summed E-state index contributed by atoms with van der Waals surface area (Å²) in [5.41, 5.74) is 0. The molecule has 0 heterocycles. The summed E-state index contributed by atoms with van der Waals surface area (Å²) in [6, 6.07) is 0. The van der Waals surface area contributed by atoms with Gasteiger partial charge in [-0.3, -0.25) is 0 Å². The standard InChI is InChI=1S/2AsH3.2Ga.In.9H/h2*1H3;;;;;;;;;;;;. The zero-order valence-electron chi connectivity index (χ0n) is 1.41. The van der Waals surface area contributed by atoms with Crippen molar-refractivity contribution >= 4 is 101 Å². The molecule has 0 N–H and O–H groups in total. The second-order valence-corrected chi connectivity index (χ2v) is 0. The van der Waals surface area contributed by atoms with Crippen LogP contribution in [-0.4, -0.2) is 101 Å². The summed E-state index contributed by atoms with van der Waals surface area (Å²) in [7, 11) is 0. The van der Waals surface area contributed by atoms with E-state index in [1.54, 1.807) is 0 Å². The molecule has 0 fully saturated rings. The van der Waals surface area contributed by atoms with Gasteiger partial charge in [0.25, 0.3) is 0 Å². The Morgan fingerprint density at radius 3 is 0.600 bits per heavy atom. The van der Waals surface area contributed by atoms with Crippen LogP contribution in [0.15, 0.2) is 0 Å². The van der Waals surface area contributed by atoms with Gasteiger partial charge in [-0.15, -0.1) is 0 Å². The van der Waals surface area contributed by atoms with E-state index < -0.39 is 0 Å². The van der Waals surface area contributed by atoms with E-state index in [2.05, 4.69) is 0 Å². The molecule has 2 unspecified atom stereocenters. The van der Waals surface area contributed by atoms with Gasteiger partial charge in [-0.05, 0) is 0 Å². The van der Waals surface area contributed by atoms with Gasteiger partial charge in [0.1, 0.15) is 0 Å². The van der Waals surface area contributed by atoms with Crippen LogP contribution in [-0.2, 0) is 0 Å². The van der Waals surface area contributed by atoms with Crippen molar-refractivity contribution in [2.45, 2.75) is 0 Å². The predicted molar refractivity (Wildman–Crippen MR) is 49.7 cm³/mol. The maximum atomic E-state index is 0. The molecule has 0 amide bonds. The van der Waals surface area contributed by atoms with E-state index in [1.165, 1.54) is 0 Å². The molecule has 0 aromatic carbocycles. The minimum absolute atomic E-state index is 0. The van der Waals surface area contributed by atoms with Gasteiger partial charge >= 0.3 is 101 Å². The Labute approximate surface area is 99.5 Å². The average molecular weight is 419 g/mol. The van der Waals surface area contributed by atoms with Crippen LogP contribution in [0.25, 0.3) is 0 Å². The fourth-order valence-corrected chi connectivity index (χ4v) is 0. The summed E-state index contributed by atoms with van der Waals surface area (Å²) in [6.45, 7) is 0. The summed E-state index contributed by atoms with van der Waals surface area (Å²) in [5.74, 6) is 0. The van der Waals surface area contributed by atoms with E-state index >= 15 is 0 Å². The van der Waals surface area contributed by atoms with Crippen LogP contribution in [0, 0.1) is 0 Å². The van der Waals surface area contributed by atoms with Gasteiger partial charge in [0.2, 0.25) is 0 Å². The molecule has 0 saturated carbocycles. The third-order valence-corrected chi connectivity index (χ3v) is 0. The molecule has 5 heavy (non-hydrogen) atoms. The molecule has 5 heteroatoms. The monoisotopic (exact) mass is 418 g/mol. The van der Waals surface area contributed by atoms with Gasteiger partial charge in [-0.1, -0.05) is 0 Å². The number of rotatable bonds is 0. The van der Waals surface area contributed by atoms with Crippen LogP contribution in [0.5, 0.6) is 0 Å². The summed E-state index contributed by atoms with van der Waals surface area (Å²) in [4.78, 5) is 0. The second kappa shape index (κ2) is 26.8. The average Bonchev–Trinajstić information content (AvgIpc) is 0. The molecule has 0 saturated heterocycles. The zero-order valence-corrected chi connectivity index (χ0v) is 7.35. The molecule has 0 radical (unpaired) electrons. The Balaban J connectivity index is 0. The molecule has 0 spiro atoms. The molecule has 0 aliphatic carbocycles. The topological polar surface area (TPSA) is 0 Å². The Kier molecular flexibility index (Phi) is 219. The first-order chi connectivity index (χ1) is 0. The first-order valence-corrected chi connectivity index (χ1v) is 0. The van der Waals surface area contributed by atoms with Crippen molar-refractivity contribution in [2.75, 3.05) is 0 Å². The van der Waals surface area contributed by atoms with Crippen LogP contribution >= 0.6 is 0 Å². The normalized spacial score (nSPS) is 0. The molecule has 0 rings (SSSR count). The first-order valence-electron chi connectivity index (χ1n) is 0. The zero-order chi connectivity index (χ0) is 0. The van der Waals surface area contributed by atoms with E-state index in [4.69, 9.17) is 0 Å². The van der Waals surface area contributed by atoms with Crippen LogP contribution in [0.4, 0.5) is 0 Å². The van der Waals surface area contributed by atoms with Gasteiger partial charge in [0.15, 0.2) is 0 Å². The molecule has 0 aromatic rings. The van der Waals surface area contributed by atoms with E-state index in [0.29, 0.717) is 0 Å². The Hall–Kier alpha value is 3.26. The molecule has 0 nitrogen and oxygen atoms in total. The molecule has 0 aliphatic heterocycles. The van der Waals surface area contributed by atoms with E-state index in [9.17, 15) is 0 Å². The van der Waals surface area contributed by atoms with Crippen molar-refractivity contribution in [1.82, 2.24) is 0 Å². The van der Waals surface area contributed by atoms with E-state index in [0.717, 1.165) is 0 Å². The number of hydrogen-bond acceptors (Lipinski definition) is 0. The molecule has 0 aromatic heterocycles. The van der Waals surface area contributed by atoms with Crippen molar-refractivity contribution < 1.29 is 0 Å². The third kappa shape index (κ3) is 18.9. The molecule has 0 aliphatic rings. The Morgan fingerprint density at radius 1 is 0.600 bits per heavy atom. The van der Waals surface area contributed by atoms with Gasteiger partial charge in [0, 0.05) is 0 Å². The maximum absolute atomic E-state index is 0. The van der Waals surface area contributed by atoms with Crippen molar-refractivity contribution in [3.05, 3.63) is 0 Å². The van der Waals surface area contributed by atoms with E-state index in [-0.39, 0.29) is 101 Å². The Morgan fingerprint density at radius 2 is 0.600 bits per heavy atom. The van der Waals surface area contributed by atoms with Crippen LogP contribution in [0.3, 0.4) is 0 Å². The summed E-state index contributed by atoms with van der Waals surface area (Å²) < 4.78 is 0. The van der Waals surface area contributed by atoms with Crippen molar-refractivity contribution in [1.29, 1.82) is 0 Å². The first kappa shape index (κ1) is 41.0. The third-order valence-electron chi connectivity index (χ3n) is 0. The fraction of sp³-hybridized carbons (Fsp3) is 0. The van der Waals surface area contributed by atoms with Gasteiger partial charge in [-0.2, -0.15) is 0 Å². The molecular formula is H15As2Ga2In. The molecule has 0 bridgehead atoms. The predicted octanol–water partition coefficient (Wildman–Crippen LogP) is -5.92. The Bertz CT molecular complexity index is 7.61. The van der Waals surface area contributed by atoms with Crippen molar-refractivity contribution in [2.24, 2.45) is 0 Å². The number of hydrogen-bond donors (Lipinski definition) is 0. The van der Waals surface area contributed by atoms with Gasteiger partial charge in [-0.25, -0.2) is 0 Å². The molecule has 2 atom stereocenters. The summed E-state index contributed by atoms with van der Waals surface area (Å²) in [5, 5.41) is 0. The van der Waals surface area contributed by atoms with Crippen LogP contribution in [0.1, 0.15) is 0 Å². The fourth-order valence-electron chi connectivity index (χ4n) is 0. The SMILES string of the molecule is [AsH3].[AsH3].[GaH3].[GaH3].[InH3]. The van der Waals surface area contributed by atoms with Gasteiger partial charge < -0.3 is 0 Å². The molecular weight excluding hydrogens is 404 g/mol. The summed E-state index contributed by atoms with van der Waals surface area (Å²) >= 11 is 0. The van der Waals surface area contributed by atoms with Crippen molar-refractivity contribution in [3.8, 4) is 0 Å². The molecule has 34 valence electrons. The van der Waals surface area contributed by atoms with Crippen LogP contribution in [0.2, 0.25) is 0 Å². The second-order valence-electron chi connectivity index (χ2n) is 0. The quantitative estimate of drug-likeness (QED) is 0.344. The van der Waals surface area contributed by atoms with Crippen molar-refractivity contribution in [3.63, 3.8) is 0 Å².